The zero-order valence-corrected chi connectivity index (χ0v) is 12.0. The molecule has 2 heterocycles. The summed E-state index contributed by atoms with van der Waals surface area (Å²) in [7, 11) is 0. The number of hydrogen-bond donors (Lipinski definition) is 2. The van der Waals surface area contributed by atoms with Crippen LogP contribution in [0.3, 0.4) is 0 Å². The number of nitrogens with zero attached hydrogens (tertiary/aromatic N) is 1. The molecule has 1 aliphatic heterocycles. The first kappa shape index (κ1) is 12.9. The fourth-order valence-corrected chi connectivity index (χ4v) is 2.78. The summed E-state index contributed by atoms with van der Waals surface area (Å²) in [6.07, 6.45) is 0. The van der Waals surface area contributed by atoms with E-state index in [0.29, 0.717) is 13.1 Å². The Labute approximate surface area is 121 Å². The molecule has 0 bridgehead atoms. The minimum Gasteiger partial charge on any atom is -0.266 e. The van der Waals surface area contributed by atoms with Crippen LogP contribution in [0.2, 0.25) is 0 Å². The molecule has 0 fully saturated rings. The number of benzene rings is 1. The number of rotatable bonds is 3. The van der Waals surface area contributed by atoms with Crippen LogP contribution in [-0.4, -0.2) is 23.3 Å². The molecule has 20 heavy (non-hydrogen) atoms. The first-order valence-electron chi connectivity index (χ1n) is 6.49. The Kier molecular flexibility index (Phi) is 3.52. The number of anilines is 1. The number of hydrogen-bond acceptors (Lipinski definition) is 3. The van der Waals surface area contributed by atoms with E-state index in [1.165, 1.54) is 10.4 Å². The van der Waals surface area contributed by atoms with Crippen molar-refractivity contribution in [1.82, 2.24) is 4.90 Å². The van der Waals surface area contributed by atoms with Gasteiger partial charge in [0.25, 0.3) is 0 Å². The van der Waals surface area contributed by atoms with Crippen LogP contribution in [0.5, 0.6) is 0 Å². The molecule has 1 aromatic heterocycles. The van der Waals surface area contributed by atoms with Crippen LogP contribution >= 0.6 is 11.3 Å². The van der Waals surface area contributed by atoms with E-state index < -0.39 is 0 Å². The number of thiophene rings is 1. The molecule has 1 aliphatic rings. The highest BCUT2D eigenvalue weighted by molar-refractivity contribution is 7.09. The van der Waals surface area contributed by atoms with Crippen LogP contribution in [0.15, 0.2) is 41.8 Å². The number of carbonyl (C=O) groups is 1. The van der Waals surface area contributed by atoms with Gasteiger partial charge in [0.15, 0.2) is 6.54 Å². The quantitative estimate of drug-likeness (QED) is 0.882. The molecular weight excluding hydrogens is 270 g/mol. The highest BCUT2D eigenvalue weighted by Gasteiger charge is 2.33. The largest absolute Gasteiger partial charge is 0.358 e. The van der Waals surface area contributed by atoms with E-state index in [2.05, 4.69) is 17.2 Å². The molecule has 0 saturated carbocycles. The molecule has 3 rings (SSSR count). The standard InChI is InChI=1S/C15H15N3OS/c1-11-4-6-12(7-5-11)17-15-16-9-14(19)18(15)10-13-3-2-8-20-13/h2-8H,9-10H2,1H3,(H,16,17)/p+1. The van der Waals surface area contributed by atoms with E-state index in [1.54, 1.807) is 16.2 Å². The summed E-state index contributed by atoms with van der Waals surface area (Å²) in [4.78, 5) is 18.0. The number of guanidine groups is 1. The Morgan fingerprint density at radius 3 is 2.80 bits per heavy atom. The van der Waals surface area contributed by atoms with E-state index in [4.69, 9.17) is 0 Å². The maximum absolute atomic E-state index is 12.0. The molecule has 5 heteroatoms. The number of amides is 1. The fourth-order valence-electron chi connectivity index (χ4n) is 2.09. The van der Waals surface area contributed by atoms with Crippen LogP contribution in [0.1, 0.15) is 10.4 Å². The summed E-state index contributed by atoms with van der Waals surface area (Å²) in [5.74, 6) is 0.847. The molecule has 0 radical (unpaired) electrons. The second-order valence-electron chi connectivity index (χ2n) is 4.75. The van der Waals surface area contributed by atoms with Gasteiger partial charge in [0, 0.05) is 4.88 Å². The maximum Gasteiger partial charge on any atom is 0.358 e. The van der Waals surface area contributed by atoms with Crippen molar-refractivity contribution in [3.8, 4) is 0 Å². The van der Waals surface area contributed by atoms with E-state index in [9.17, 15) is 4.79 Å². The molecule has 1 aromatic carbocycles. The highest BCUT2D eigenvalue weighted by atomic mass is 32.1. The Morgan fingerprint density at radius 2 is 2.10 bits per heavy atom. The van der Waals surface area contributed by atoms with Crippen molar-refractivity contribution in [2.24, 2.45) is 0 Å². The minimum atomic E-state index is 0.0908. The third kappa shape index (κ3) is 2.72. The smallest absolute Gasteiger partial charge is 0.266 e. The van der Waals surface area contributed by atoms with Crippen LogP contribution in [-0.2, 0) is 11.3 Å². The molecule has 2 aromatic rings. The van der Waals surface area contributed by atoms with Gasteiger partial charge in [0.2, 0.25) is 0 Å². The summed E-state index contributed by atoms with van der Waals surface area (Å²) in [5, 5.41) is 5.30. The summed E-state index contributed by atoms with van der Waals surface area (Å²) in [6.45, 7) is 3.01. The van der Waals surface area contributed by atoms with E-state index >= 15 is 0 Å². The summed E-state index contributed by atoms with van der Waals surface area (Å²) in [5.41, 5.74) is 2.19. The molecular formula is C15H16N3OS+. The van der Waals surface area contributed by atoms with E-state index in [0.717, 1.165) is 11.6 Å². The van der Waals surface area contributed by atoms with Gasteiger partial charge in [0.1, 0.15) is 6.54 Å². The van der Waals surface area contributed by atoms with Gasteiger partial charge in [-0.05, 0) is 30.5 Å². The Morgan fingerprint density at radius 1 is 1.30 bits per heavy atom. The lowest BCUT2D eigenvalue weighted by Gasteiger charge is -2.11. The van der Waals surface area contributed by atoms with E-state index in [-0.39, 0.29) is 5.91 Å². The van der Waals surface area contributed by atoms with Crippen molar-refractivity contribution in [3.63, 3.8) is 0 Å². The summed E-state index contributed by atoms with van der Waals surface area (Å²) < 4.78 is 0. The number of aryl methyl sites for hydroxylation is 1. The molecule has 0 unspecified atom stereocenters. The van der Waals surface area contributed by atoms with Crippen molar-refractivity contribution in [3.05, 3.63) is 52.2 Å². The zero-order chi connectivity index (χ0) is 13.9. The lowest BCUT2D eigenvalue weighted by atomic mass is 10.2. The van der Waals surface area contributed by atoms with Gasteiger partial charge in [-0.25, -0.2) is 5.32 Å². The minimum absolute atomic E-state index is 0.0908. The zero-order valence-electron chi connectivity index (χ0n) is 11.2. The van der Waals surface area contributed by atoms with Crippen molar-refractivity contribution in [2.75, 3.05) is 11.9 Å². The molecule has 0 atom stereocenters. The van der Waals surface area contributed by atoms with Gasteiger partial charge in [0.05, 0.1) is 5.69 Å². The lowest BCUT2D eigenvalue weighted by molar-refractivity contribution is -0.438. The van der Waals surface area contributed by atoms with Gasteiger partial charge in [-0.15, -0.1) is 11.3 Å². The molecule has 1 amide bonds. The SMILES string of the molecule is Cc1ccc(NC2=[NH+]CC(=O)N2Cc2cccs2)cc1. The van der Waals surface area contributed by atoms with Crippen molar-refractivity contribution in [1.29, 1.82) is 0 Å². The van der Waals surface area contributed by atoms with Crippen molar-refractivity contribution >= 4 is 28.9 Å². The molecule has 102 valence electrons. The highest BCUT2D eigenvalue weighted by Crippen LogP contribution is 2.14. The molecule has 0 aliphatic carbocycles. The molecule has 4 nitrogen and oxygen atoms in total. The Hall–Kier alpha value is -2.14. The Bertz CT molecular complexity index is 632. The lowest BCUT2D eigenvalue weighted by Crippen LogP contribution is -2.72. The third-order valence-corrected chi connectivity index (χ3v) is 4.05. The molecule has 0 saturated heterocycles. The van der Waals surface area contributed by atoms with Gasteiger partial charge >= 0.3 is 11.9 Å². The third-order valence-electron chi connectivity index (χ3n) is 3.19. The predicted molar refractivity (Wildman–Crippen MR) is 80.5 cm³/mol. The van der Waals surface area contributed by atoms with Crippen LogP contribution < -0.4 is 10.3 Å². The topological polar surface area (TPSA) is 46.3 Å². The summed E-state index contributed by atoms with van der Waals surface area (Å²) in [6, 6.07) is 12.2. The van der Waals surface area contributed by atoms with Gasteiger partial charge in [-0.1, -0.05) is 23.8 Å². The summed E-state index contributed by atoms with van der Waals surface area (Å²) >= 11 is 1.66. The van der Waals surface area contributed by atoms with Crippen molar-refractivity contribution < 1.29 is 9.79 Å². The average Bonchev–Trinajstić information content (AvgIpc) is 3.06. The second kappa shape index (κ2) is 5.46. The monoisotopic (exact) mass is 286 g/mol. The van der Waals surface area contributed by atoms with Crippen LogP contribution in [0.4, 0.5) is 5.69 Å². The normalized spacial score (nSPS) is 14.6. The first-order valence-corrected chi connectivity index (χ1v) is 7.37. The predicted octanol–water partition coefficient (Wildman–Crippen LogP) is 0.947. The Balaban J connectivity index is 1.74. The van der Waals surface area contributed by atoms with Crippen LogP contribution in [0, 0.1) is 6.92 Å². The molecule has 2 N–H and O–H groups in total. The van der Waals surface area contributed by atoms with E-state index in [1.807, 2.05) is 41.8 Å². The first-order chi connectivity index (χ1) is 9.72. The number of nitrogens with one attached hydrogen (secondary N) is 2. The molecule has 0 spiro atoms. The van der Waals surface area contributed by atoms with Crippen molar-refractivity contribution in [2.45, 2.75) is 13.5 Å². The fraction of sp³-hybridized carbons (Fsp3) is 0.200. The average molecular weight is 286 g/mol. The van der Waals surface area contributed by atoms with Gasteiger partial charge < -0.3 is 0 Å². The van der Waals surface area contributed by atoms with Crippen LogP contribution in [0.25, 0.3) is 0 Å². The maximum atomic E-state index is 12.0. The van der Waals surface area contributed by atoms with Gasteiger partial charge in [-0.2, -0.15) is 4.90 Å². The van der Waals surface area contributed by atoms with Gasteiger partial charge in [-0.3, -0.25) is 9.79 Å². The second-order valence-corrected chi connectivity index (χ2v) is 5.78. The number of carbonyl (C=O) groups excluding carboxylic acids is 1.